The Labute approximate surface area is 240 Å². The summed E-state index contributed by atoms with van der Waals surface area (Å²) in [6.45, 7) is 1.38. The van der Waals surface area contributed by atoms with Crippen LogP contribution in [0.1, 0.15) is 18.4 Å². The molecule has 0 bridgehead atoms. The summed E-state index contributed by atoms with van der Waals surface area (Å²) < 4.78 is 28.9. The zero-order chi connectivity index (χ0) is 28.7. The van der Waals surface area contributed by atoms with Crippen LogP contribution in [0.3, 0.4) is 0 Å². The number of hydrogen-bond acceptors (Lipinski definition) is 6. The van der Waals surface area contributed by atoms with Gasteiger partial charge in [-0.2, -0.15) is 0 Å². The summed E-state index contributed by atoms with van der Waals surface area (Å²) in [6.07, 6.45) is 1.50. The maximum Gasteiger partial charge on any atom is 0.269 e. The first-order valence-corrected chi connectivity index (χ1v) is 15.0. The smallest absolute Gasteiger partial charge is 0.269 e. The summed E-state index contributed by atoms with van der Waals surface area (Å²) in [5.41, 5.74) is 4.29. The molecule has 0 aliphatic carbocycles. The highest BCUT2D eigenvalue weighted by molar-refractivity contribution is 7.89. The van der Waals surface area contributed by atoms with Crippen molar-refractivity contribution in [1.82, 2.24) is 4.72 Å². The van der Waals surface area contributed by atoms with E-state index in [0.29, 0.717) is 31.6 Å². The Morgan fingerprint density at radius 3 is 2.00 bits per heavy atom. The van der Waals surface area contributed by atoms with Crippen LogP contribution < -0.4 is 14.9 Å². The molecular formula is C32H31N4O4S-. The fraction of sp³-hybridized carbons (Fsp3) is 0.188. The molecule has 1 aliphatic rings. The van der Waals surface area contributed by atoms with Crippen LogP contribution in [0.5, 0.6) is 0 Å². The molecule has 9 heteroatoms. The van der Waals surface area contributed by atoms with Crippen molar-refractivity contribution in [2.24, 2.45) is 5.16 Å². The van der Waals surface area contributed by atoms with Gasteiger partial charge in [0, 0.05) is 36.9 Å². The molecule has 0 aromatic heterocycles. The first-order chi connectivity index (χ1) is 19.9. The number of nitrogens with zero attached hydrogens (tertiary/aromatic N) is 2. The Balaban J connectivity index is 1.12. The standard InChI is InChI=1S/C32H32N4O4S/c37-32(31(34-38)23-24-7-3-1-4-8-24)33-27-13-15-29(16-14-27)36-21-19-28(20-22-36)35-41(39,40)30-17-11-26(12-18-30)25-9-5-2-6-10-25/h1-18,28,35,38H,19-23H2,(H,33,37)/p-1/b34-31+. The van der Waals surface area contributed by atoms with Crippen LogP contribution >= 0.6 is 0 Å². The number of sulfonamides is 1. The largest absolute Gasteiger partial charge is 0.792 e. The molecule has 0 spiro atoms. The average molecular weight is 568 g/mol. The second-order valence-electron chi connectivity index (χ2n) is 9.97. The van der Waals surface area contributed by atoms with Gasteiger partial charge in [0.2, 0.25) is 10.0 Å². The molecule has 4 aromatic carbocycles. The predicted molar refractivity (Wildman–Crippen MR) is 163 cm³/mol. The van der Waals surface area contributed by atoms with Gasteiger partial charge in [0.25, 0.3) is 5.91 Å². The lowest BCUT2D eigenvalue weighted by atomic mass is 10.1. The molecule has 1 heterocycles. The number of hydrogen-bond donors (Lipinski definition) is 2. The first kappa shape index (κ1) is 28.1. The van der Waals surface area contributed by atoms with Crippen LogP contribution in [0.2, 0.25) is 0 Å². The monoisotopic (exact) mass is 567 g/mol. The van der Waals surface area contributed by atoms with Gasteiger partial charge >= 0.3 is 0 Å². The van der Waals surface area contributed by atoms with Gasteiger partial charge in [0.15, 0.2) is 0 Å². The second kappa shape index (κ2) is 12.8. The second-order valence-corrected chi connectivity index (χ2v) is 11.7. The number of nitrogens with one attached hydrogen (secondary N) is 2. The van der Waals surface area contributed by atoms with E-state index in [4.69, 9.17) is 0 Å². The Kier molecular flexibility index (Phi) is 8.76. The van der Waals surface area contributed by atoms with E-state index < -0.39 is 15.9 Å². The fourth-order valence-electron chi connectivity index (χ4n) is 4.90. The van der Waals surface area contributed by atoms with Gasteiger partial charge in [-0.25, -0.2) is 13.1 Å². The lowest BCUT2D eigenvalue weighted by Gasteiger charge is -2.34. The summed E-state index contributed by atoms with van der Waals surface area (Å²) in [5.74, 6) is -0.528. The quantitative estimate of drug-likeness (QED) is 0.207. The number of carbonyl (C=O) groups is 1. The van der Waals surface area contributed by atoms with Crippen LogP contribution in [-0.4, -0.2) is 39.2 Å². The van der Waals surface area contributed by atoms with Crippen molar-refractivity contribution in [3.8, 4) is 11.1 Å². The van der Waals surface area contributed by atoms with E-state index in [2.05, 4.69) is 20.1 Å². The third kappa shape index (κ3) is 7.19. The normalized spacial score (nSPS) is 14.5. The Morgan fingerprint density at radius 1 is 0.805 bits per heavy atom. The zero-order valence-corrected chi connectivity index (χ0v) is 23.3. The molecule has 8 nitrogen and oxygen atoms in total. The van der Waals surface area contributed by atoms with E-state index in [1.54, 1.807) is 24.3 Å². The third-order valence-electron chi connectivity index (χ3n) is 7.17. The van der Waals surface area contributed by atoms with Crippen LogP contribution in [0.4, 0.5) is 11.4 Å². The minimum absolute atomic E-state index is 0.0862. The predicted octanol–water partition coefficient (Wildman–Crippen LogP) is 5.42. The third-order valence-corrected chi connectivity index (χ3v) is 8.70. The molecule has 1 saturated heterocycles. The van der Waals surface area contributed by atoms with E-state index in [-0.39, 0.29) is 23.1 Å². The van der Waals surface area contributed by atoms with Crippen molar-refractivity contribution in [2.75, 3.05) is 23.3 Å². The van der Waals surface area contributed by atoms with Crippen molar-refractivity contribution in [3.63, 3.8) is 0 Å². The van der Waals surface area contributed by atoms with Gasteiger partial charge in [-0.1, -0.05) is 72.8 Å². The van der Waals surface area contributed by atoms with Crippen molar-refractivity contribution in [1.29, 1.82) is 0 Å². The average Bonchev–Trinajstić information content (AvgIpc) is 3.01. The van der Waals surface area contributed by atoms with E-state index in [1.807, 2.05) is 84.9 Å². The summed E-state index contributed by atoms with van der Waals surface area (Å²) in [5, 5.41) is 16.9. The Morgan fingerprint density at radius 2 is 1.39 bits per heavy atom. The summed E-state index contributed by atoms with van der Waals surface area (Å²) >= 11 is 0. The van der Waals surface area contributed by atoms with Crippen LogP contribution in [0, 0.1) is 5.21 Å². The van der Waals surface area contributed by atoms with E-state index >= 15 is 0 Å². The molecule has 0 radical (unpaired) electrons. The molecule has 4 aromatic rings. The summed E-state index contributed by atoms with van der Waals surface area (Å²) in [6, 6.07) is 33.2. The van der Waals surface area contributed by atoms with Gasteiger partial charge in [-0.05, 0) is 65.9 Å². The highest BCUT2D eigenvalue weighted by Gasteiger charge is 2.25. The molecule has 5 rings (SSSR count). The molecule has 41 heavy (non-hydrogen) atoms. The molecule has 1 amide bonds. The van der Waals surface area contributed by atoms with Crippen LogP contribution in [0.15, 0.2) is 119 Å². The lowest BCUT2D eigenvalue weighted by molar-refractivity contribution is -0.110. The van der Waals surface area contributed by atoms with Gasteiger partial charge in [0.05, 0.1) is 10.6 Å². The highest BCUT2D eigenvalue weighted by atomic mass is 32.2. The minimum atomic E-state index is -3.63. The summed E-state index contributed by atoms with van der Waals surface area (Å²) in [7, 11) is -3.63. The van der Waals surface area contributed by atoms with E-state index in [1.165, 1.54) is 0 Å². The molecule has 1 aliphatic heterocycles. The lowest BCUT2D eigenvalue weighted by Crippen LogP contribution is -2.44. The van der Waals surface area contributed by atoms with Crippen molar-refractivity contribution in [3.05, 3.63) is 120 Å². The molecule has 0 saturated carbocycles. The van der Waals surface area contributed by atoms with E-state index in [0.717, 1.165) is 22.4 Å². The number of benzene rings is 4. The van der Waals surface area contributed by atoms with Crippen molar-refractivity contribution in [2.45, 2.75) is 30.2 Å². The van der Waals surface area contributed by atoms with Crippen molar-refractivity contribution < 1.29 is 13.2 Å². The molecule has 1 fully saturated rings. The molecular weight excluding hydrogens is 536 g/mol. The number of carbonyl (C=O) groups excluding carboxylic acids is 1. The molecule has 0 unspecified atom stereocenters. The number of amides is 1. The maximum absolute atomic E-state index is 13.0. The van der Waals surface area contributed by atoms with Gasteiger partial charge in [-0.3, -0.25) is 4.79 Å². The first-order valence-electron chi connectivity index (χ1n) is 13.5. The number of rotatable bonds is 9. The Bertz CT molecular complexity index is 1580. The topological polar surface area (TPSA) is 114 Å². The molecule has 0 atom stereocenters. The maximum atomic E-state index is 13.0. The zero-order valence-electron chi connectivity index (χ0n) is 22.4. The Hall–Kier alpha value is -4.47. The van der Waals surface area contributed by atoms with Crippen LogP contribution in [0.25, 0.3) is 11.1 Å². The summed E-state index contributed by atoms with van der Waals surface area (Å²) in [4.78, 5) is 15.0. The molecule has 2 N–H and O–H groups in total. The molecule has 210 valence electrons. The highest BCUT2D eigenvalue weighted by Crippen LogP contribution is 2.24. The number of piperidine rings is 1. The number of anilines is 2. The van der Waals surface area contributed by atoms with Gasteiger partial charge < -0.3 is 20.6 Å². The van der Waals surface area contributed by atoms with Gasteiger partial charge in [0.1, 0.15) is 0 Å². The minimum Gasteiger partial charge on any atom is -0.792 e. The van der Waals surface area contributed by atoms with Gasteiger partial charge in [-0.15, -0.1) is 0 Å². The fourth-order valence-corrected chi connectivity index (χ4v) is 6.21. The SMILES string of the molecule is O=C(Nc1ccc(N2CCC(NS(=O)(=O)c3ccc(-c4ccccc4)cc3)CC2)cc1)/C(Cc1ccccc1)=N/[O-]. The van der Waals surface area contributed by atoms with Crippen LogP contribution in [-0.2, 0) is 21.2 Å². The van der Waals surface area contributed by atoms with Crippen molar-refractivity contribution >= 4 is 33.0 Å². The van der Waals surface area contributed by atoms with E-state index in [9.17, 15) is 18.4 Å².